The molecule has 2 heterocycles. The number of aromatic nitrogens is 3. The molecule has 1 fully saturated rings. The molecule has 1 aromatic heterocycles. The van der Waals surface area contributed by atoms with Crippen LogP contribution in [0.15, 0.2) is 84.1 Å². The topological polar surface area (TPSA) is 84.6 Å². The van der Waals surface area contributed by atoms with E-state index in [0.717, 1.165) is 27.9 Å². The van der Waals surface area contributed by atoms with Crippen LogP contribution in [0.3, 0.4) is 0 Å². The molecule has 1 N–H and O–H groups in total. The molecule has 1 unspecified atom stereocenters. The Morgan fingerprint density at radius 1 is 1.11 bits per heavy atom. The smallest absolute Gasteiger partial charge is 0.406 e. The van der Waals surface area contributed by atoms with Crippen molar-refractivity contribution >= 4 is 51.9 Å². The molecule has 1 saturated heterocycles. The number of ether oxygens (including phenoxy) is 1. The fourth-order valence-electron chi connectivity index (χ4n) is 4.88. The third-order valence-corrected chi connectivity index (χ3v) is 8.31. The molecule has 0 saturated carbocycles. The van der Waals surface area contributed by atoms with Crippen molar-refractivity contribution in [3.63, 3.8) is 0 Å². The summed E-state index contributed by atoms with van der Waals surface area (Å²) >= 11 is 6.93. The number of hydrogen-bond acceptors (Lipinski definition) is 6. The van der Waals surface area contributed by atoms with Gasteiger partial charge in [-0.2, -0.15) is 4.99 Å². The van der Waals surface area contributed by atoms with Crippen molar-refractivity contribution in [1.82, 2.24) is 20.1 Å². The van der Waals surface area contributed by atoms with E-state index in [0.29, 0.717) is 34.0 Å². The average Bonchev–Trinajstić information content (AvgIpc) is 3.64. The van der Waals surface area contributed by atoms with Crippen LogP contribution in [0.4, 0.5) is 18.9 Å². The second-order valence-electron chi connectivity index (χ2n) is 11.3. The van der Waals surface area contributed by atoms with Gasteiger partial charge in [0.25, 0.3) is 0 Å². The number of aryl methyl sites for hydroxylation is 1. The molecule has 0 aliphatic carbocycles. The third-order valence-electron chi connectivity index (χ3n) is 7.18. The number of amides is 1. The highest BCUT2D eigenvalue weighted by molar-refractivity contribution is 8.15. The fraction of sp³-hybridized carbons (Fsp3) is 0.265. The van der Waals surface area contributed by atoms with Gasteiger partial charge in [0, 0.05) is 11.6 Å². The Morgan fingerprint density at radius 2 is 1.83 bits per heavy atom. The maximum Gasteiger partial charge on any atom is 0.573 e. The summed E-state index contributed by atoms with van der Waals surface area (Å²) in [5.41, 5.74) is 5.34. The first-order valence-electron chi connectivity index (χ1n) is 14.9. The van der Waals surface area contributed by atoms with E-state index in [1.54, 1.807) is 4.90 Å². The number of carbonyl (C=O) groups is 1. The molecule has 1 amide bonds. The maximum atomic E-state index is 12.9. The monoisotopic (exact) mass is 678 g/mol. The average molecular weight is 679 g/mol. The van der Waals surface area contributed by atoms with Gasteiger partial charge in [-0.3, -0.25) is 9.69 Å². The van der Waals surface area contributed by atoms with Crippen LogP contribution in [0.1, 0.15) is 49.8 Å². The first-order valence-corrected chi connectivity index (χ1v) is 16.3. The van der Waals surface area contributed by atoms with E-state index in [2.05, 4.69) is 51.1 Å². The molecule has 3 aromatic carbocycles. The summed E-state index contributed by atoms with van der Waals surface area (Å²) < 4.78 is 42.7. The van der Waals surface area contributed by atoms with E-state index in [1.807, 2.05) is 56.3 Å². The Kier molecular flexibility index (Phi) is 10.5. The highest BCUT2D eigenvalue weighted by Gasteiger charge is 2.32. The predicted molar refractivity (Wildman–Crippen MR) is 185 cm³/mol. The molecule has 1 aliphatic rings. The summed E-state index contributed by atoms with van der Waals surface area (Å²) in [6.45, 7) is 8.24. The van der Waals surface area contributed by atoms with Crippen molar-refractivity contribution in [3.05, 3.63) is 95.8 Å². The standard InChI is InChI=1S/C34H33F3N6O2S2/c1-21(2)28-17-8-22(3)18-29(28)43-30(44)19-47-33(43)40-32(46)39-23(4)6-5-7-24-9-11-25(12-10-24)31-38-20-42(41-31)26-13-15-27(16-14-26)45-34(35,36)37/h5,7-18,20-21,23H,6,19H2,1-4H3,(H,39,46)/b7-5-,40-33?. The Bertz CT molecular complexity index is 1800. The van der Waals surface area contributed by atoms with Gasteiger partial charge in [0.15, 0.2) is 16.1 Å². The summed E-state index contributed by atoms with van der Waals surface area (Å²) in [5.74, 6) is 0.729. The van der Waals surface area contributed by atoms with E-state index in [-0.39, 0.29) is 23.6 Å². The summed E-state index contributed by atoms with van der Waals surface area (Å²) in [6.07, 6.45) is 1.49. The van der Waals surface area contributed by atoms with Crippen LogP contribution < -0.4 is 15.0 Å². The first-order chi connectivity index (χ1) is 22.4. The van der Waals surface area contributed by atoms with Crippen LogP contribution in [0.5, 0.6) is 5.75 Å². The minimum absolute atomic E-state index is 0.00498. The number of alkyl halides is 3. The van der Waals surface area contributed by atoms with Crippen molar-refractivity contribution in [1.29, 1.82) is 0 Å². The second kappa shape index (κ2) is 14.5. The van der Waals surface area contributed by atoms with Gasteiger partial charge in [-0.1, -0.05) is 74.2 Å². The Balaban J connectivity index is 1.16. The number of aliphatic imine (C=N–C) groups is 1. The van der Waals surface area contributed by atoms with Gasteiger partial charge >= 0.3 is 6.36 Å². The first kappa shape index (κ1) is 33.9. The zero-order valence-corrected chi connectivity index (χ0v) is 27.8. The largest absolute Gasteiger partial charge is 0.573 e. The molecular formula is C34H33F3N6O2S2. The van der Waals surface area contributed by atoms with E-state index in [9.17, 15) is 18.0 Å². The van der Waals surface area contributed by atoms with Gasteiger partial charge in [0.05, 0.1) is 17.1 Å². The van der Waals surface area contributed by atoms with Crippen molar-refractivity contribution in [2.45, 2.75) is 52.4 Å². The van der Waals surface area contributed by atoms with Crippen molar-refractivity contribution in [2.24, 2.45) is 4.99 Å². The maximum absolute atomic E-state index is 12.9. The minimum atomic E-state index is -4.75. The lowest BCUT2D eigenvalue weighted by atomic mass is 9.99. The Labute approximate surface area is 280 Å². The van der Waals surface area contributed by atoms with Gasteiger partial charge in [-0.05, 0) is 85.4 Å². The summed E-state index contributed by atoms with van der Waals surface area (Å²) in [5, 5.41) is 8.61. The molecule has 0 spiro atoms. The number of halogens is 3. The molecule has 1 atom stereocenters. The Morgan fingerprint density at radius 3 is 2.51 bits per heavy atom. The Hall–Kier alpha value is -4.49. The molecule has 0 radical (unpaired) electrons. The molecule has 4 aromatic rings. The van der Waals surface area contributed by atoms with Crippen LogP contribution in [0, 0.1) is 6.92 Å². The minimum Gasteiger partial charge on any atom is -0.406 e. The fourth-order valence-corrected chi connectivity index (χ4v) is 6.09. The number of hydrogen-bond donors (Lipinski definition) is 1. The SMILES string of the molecule is Cc1ccc(C(C)C)c(N2C(=O)CSC2=NC(=S)NC(C)C/C=C\c2ccc(-c3ncn(-c4ccc(OC(F)(F)F)cc4)n3)cc2)c1. The summed E-state index contributed by atoms with van der Waals surface area (Å²) in [4.78, 5) is 23.5. The van der Waals surface area contributed by atoms with Crippen LogP contribution >= 0.6 is 24.0 Å². The van der Waals surface area contributed by atoms with Gasteiger partial charge in [0.1, 0.15) is 12.1 Å². The van der Waals surface area contributed by atoms with Gasteiger partial charge in [-0.15, -0.1) is 18.3 Å². The van der Waals surface area contributed by atoms with Crippen LogP contribution in [0.25, 0.3) is 23.2 Å². The number of nitrogens with one attached hydrogen (secondary N) is 1. The normalized spacial score (nSPS) is 15.2. The predicted octanol–water partition coefficient (Wildman–Crippen LogP) is 8.07. The molecule has 8 nitrogen and oxygen atoms in total. The number of nitrogens with zero attached hydrogens (tertiary/aromatic N) is 5. The number of thiocarbonyl (C=S) groups is 1. The van der Waals surface area contributed by atoms with E-state index >= 15 is 0 Å². The zero-order chi connectivity index (χ0) is 33.7. The van der Waals surface area contributed by atoms with E-state index in [4.69, 9.17) is 12.2 Å². The van der Waals surface area contributed by atoms with E-state index < -0.39 is 6.36 Å². The van der Waals surface area contributed by atoms with Crippen LogP contribution in [-0.4, -0.2) is 49.1 Å². The third kappa shape index (κ3) is 8.86. The molecule has 244 valence electrons. The van der Waals surface area contributed by atoms with Crippen molar-refractivity contribution < 1.29 is 22.7 Å². The highest BCUT2D eigenvalue weighted by Crippen LogP contribution is 2.34. The van der Waals surface area contributed by atoms with E-state index in [1.165, 1.54) is 47.0 Å². The lowest BCUT2D eigenvalue weighted by Crippen LogP contribution is -2.34. The van der Waals surface area contributed by atoms with Gasteiger partial charge in [-0.25, -0.2) is 9.67 Å². The number of anilines is 1. The van der Waals surface area contributed by atoms with Crippen molar-refractivity contribution in [3.8, 4) is 22.8 Å². The molecule has 13 heteroatoms. The number of amidine groups is 1. The summed E-state index contributed by atoms with van der Waals surface area (Å²) in [7, 11) is 0. The molecule has 1 aliphatic heterocycles. The molecule has 47 heavy (non-hydrogen) atoms. The molecule has 0 bridgehead atoms. The van der Waals surface area contributed by atoms with Crippen molar-refractivity contribution in [2.75, 3.05) is 10.7 Å². The molecule has 5 rings (SSSR count). The second-order valence-corrected chi connectivity index (χ2v) is 12.6. The van der Waals surface area contributed by atoms with Crippen LogP contribution in [-0.2, 0) is 4.79 Å². The quantitative estimate of drug-likeness (QED) is 0.179. The lowest BCUT2D eigenvalue weighted by molar-refractivity contribution is -0.274. The number of carbonyl (C=O) groups excluding carboxylic acids is 1. The lowest BCUT2D eigenvalue weighted by Gasteiger charge is -2.22. The summed E-state index contributed by atoms with van der Waals surface area (Å²) in [6, 6.07) is 19.2. The van der Waals surface area contributed by atoms with Crippen LogP contribution in [0.2, 0.25) is 0 Å². The van der Waals surface area contributed by atoms with Gasteiger partial charge < -0.3 is 10.1 Å². The zero-order valence-electron chi connectivity index (χ0n) is 26.2. The number of thioether (sulfide) groups is 1. The van der Waals surface area contributed by atoms with Gasteiger partial charge in [0.2, 0.25) is 5.91 Å². The highest BCUT2D eigenvalue weighted by atomic mass is 32.2. The number of rotatable bonds is 9. The number of benzene rings is 3. The molecular weight excluding hydrogens is 646 g/mol.